The zero-order valence-corrected chi connectivity index (χ0v) is 23.0. The molecule has 0 spiro atoms. The van der Waals surface area contributed by atoms with Crippen molar-refractivity contribution in [3.05, 3.63) is 92.3 Å². The van der Waals surface area contributed by atoms with E-state index >= 15 is 0 Å². The van der Waals surface area contributed by atoms with Crippen LogP contribution in [0.25, 0.3) is 0 Å². The molecule has 11 heteroatoms. The van der Waals surface area contributed by atoms with Gasteiger partial charge in [-0.15, -0.1) is 0 Å². The van der Waals surface area contributed by atoms with Gasteiger partial charge in [-0.05, 0) is 65.3 Å². The Balaban J connectivity index is 1.47. The average molecular weight is 588 g/mol. The Morgan fingerprint density at radius 2 is 1.75 bits per heavy atom. The van der Waals surface area contributed by atoms with Crippen molar-refractivity contribution in [1.29, 1.82) is 0 Å². The summed E-state index contributed by atoms with van der Waals surface area (Å²) in [6, 6.07) is 15.0. The van der Waals surface area contributed by atoms with Crippen molar-refractivity contribution in [1.82, 2.24) is 19.6 Å². The second-order valence-electron chi connectivity index (χ2n) is 8.05. The number of carbonyl (C=O) groups excluding carboxylic acids is 1. The number of ether oxygens (including phenoxy) is 1. The number of rotatable bonds is 7. The number of anilines is 2. The molecule has 4 aromatic rings. The van der Waals surface area contributed by atoms with E-state index in [1.807, 2.05) is 67.2 Å². The Kier molecular flexibility index (Phi) is 8.07. The number of esters is 1. The van der Waals surface area contributed by atoms with Crippen LogP contribution in [-0.4, -0.2) is 37.8 Å². The van der Waals surface area contributed by atoms with Crippen LogP contribution in [0, 0.1) is 13.8 Å². The van der Waals surface area contributed by atoms with Gasteiger partial charge in [-0.2, -0.15) is 10.2 Å². The van der Waals surface area contributed by atoms with Gasteiger partial charge < -0.3 is 15.4 Å². The fraction of sp³-hybridized carbons (Fsp3) is 0.200. The second kappa shape index (κ2) is 11.2. The van der Waals surface area contributed by atoms with Gasteiger partial charge in [-0.3, -0.25) is 9.36 Å². The molecule has 2 heterocycles. The maximum absolute atomic E-state index is 12.1. The molecule has 2 aromatic carbocycles. The minimum absolute atomic E-state index is 0.374. The molecule has 0 radical (unpaired) electrons. The fourth-order valence-electron chi connectivity index (χ4n) is 3.78. The van der Waals surface area contributed by atoms with Gasteiger partial charge in [0.25, 0.3) is 0 Å². The molecule has 0 atom stereocenters. The van der Waals surface area contributed by atoms with Crippen molar-refractivity contribution in [2.75, 3.05) is 17.7 Å². The molecule has 0 saturated carbocycles. The lowest BCUT2D eigenvalue weighted by Crippen LogP contribution is -2.20. The molecule has 0 fully saturated rings. The summed E-state index contributed by atoms with van der Waals surface area (Å²) in [5.74, 6) is 0.199. The summed E-state index contributed by atoms with van der Waals surface area (Å²) in [5.41, 5.74) is 4.73. The number of hydrogen-bond acceptors (Lipinski definition) is 5. The quantitative estimate of drug-likeness (QED) is 0.209. The van der Waals surface area contributed by atoms with Crippen LogP contribution in [0.3, 0.4) is 0 Å². The first-order valence-electron chi connectivity index (χ1n) is 11.0. The van der Waals surface area contributed by atoms with E-state index in [4.69, 9.17) is 28.6 Å². The standard InChI is InChI=1S/C25H24BrClN6O2S/c1-15-22(16(2)33(30-15)13-17-8-4-6-10-19(17)24(34)35-3)28-25(36)29-23-20(26)14-32(31-23)12-18-9-5-7-11-21(18)27/h4-11,14H,12-13H2,1-3H3,(H2,28,29,31,36). The molecule has 36 heavy (non-hydrogen) atoms. The largest absolute Gasteiger partial charge is 0.465 e. The Morgan fingerprint density at radius 1 is 1.06 bits per heavy atom. The third-order valence-corrected chi connectivity index (χ3v) is 6.76. The Labute approximate surface area is 227 Å². The van der Waals surface area contributed by atoms with Crippen LogP contribution in [0.2, 0.25) is 5.02 Å². The van der Waals surface area contributed by atoms with E-state index in [2.05, 4.69) is 36.8 Å². The molecule has 2 aromatic heterocycles. The minimum Gasteiger partial charge on any atom is -0.465 e. The molecule has 0 aliphatic heterocycles. The summed E-state index contributed by atoms with van der Waals surface area (Å²) < 4.78 is 9.29. The molecule has 8 nitrogen and oxygen atoms in total. The van der Waals surface area contributed by atoms with Gasteiger partial charge in [0.2, 0.25) is 0 Å². The fourth-order valence-corrected chi connectivity index (χ4v) is 4.59. The Morgan fingerprint density at radius 3 is 2.47 bits per heavy atom. The summed E-state index contributed by atoms with van der Waals surface area (Å²) in [6.07, 6.45) is 1.86. The molecular formula is C25H24BrClN6O2S. The summed E-state index contributed by atoms with van der Waals surface area (Å²) in [4.78, 5) is 12.1. The zero-order valence-electron chi connectivity index (χ0n) is 19.9. The van der Waals surface area contributed by atoms with Crippen LogP contribution in [-0.2, 0) is 17.8 Å². The number of nitrogens with zero attached hydrogens (tertiary/aromatic N) is 4. The van der Waals surface area contributed by atoms with E-state index in [0.29, 0.717) is 34.6 Å². The van der Waals surface area contributed by atoms with Gasteiger partial charge in [0, 0.05) is 11.2 Å². The number of aryl methyl sites for hydroxylation is 1. The number of halogens is 2. The monoisotopic (exact) mass is 586 g/mol. The second-order valence-corrected chi connectivity index (χ2v) is 9.72. The van der Waals surface area contributed by atoms with Crippen LogP contribution < -0.4 is 10.6 Å². The van der Waals surface area contributed by atoms with E-state index in [-0.39, 0.29) is 5.97 Å². The highest BCUT2D eigenvalue weighted by Gasteiger charge is 2.17. The molecule has 0 amide bonds. The smallest absolute Gasteiger partial charge is 0.338 e. The zero-order chi connectivity index (χ0) is 25.8. The average Bonchev–Trinajstić information content (AvgIpc) is 3.33. The lowest BCUT2D eigenvalue weighted by atomic mass is 10.1. The third-order valence-electron chi connectivity index (χ3n) is 5.60. The summed E-state index contributed by atoms with van der Waals surface area (Å²) in [6.45, 7) is 4.78. The first-order chi connectivity index (χ1) is 17.3. The molecule has 186 valence electrons. The normalized spacial score (nSPS) is 10.8. The predicted molar refractivity (Wildman–Crippen MR) is 149 cm³/mol. The maximum atomic E-state index is 12.1. The number of hydrogen-bond donors (Lipinski definition) is 2. The van der Waals surface area contributed by atoms with Gasteiger partial charge in [0.1, 0.15) is 0 Å². The van der Waals surface area contributed by atoms with Gasteiger partial charge in [0.15, 0.2) is 10.9 Å². The van der Waals surface area contributed by atoms with Crippen molar-refractivity contribution < 1.29 is 9.53 Å². The Hall–Kier alpha value is -3.21. The van der Waals surface area contributed by atoms with Crippen LogP contribution >= 0.6 is 39.7 Å². The van der Waals surface area contributed by atoms with Gasteiger partial charge in [0.05, 0.1) is 47.3 Å². The topological polar surface area (TPSA) is 86.0 Å². The number of aromatic nitrogens is 4. The highest BCUT2D eigenvalue weighted by atomic mass is 79.9. The van der Waals surface area contributed by atoms with E-state index in [1.54, 1.807) is 10.7 Å². The first kappa shape index (κ1) is 25.9. The van der Waals surface area contributed by atoms with Crippen molar-refractivity contribution in [3.8, 4) is 0 Å². The number of benzene rings is 2. The predicted octanol–water partition coefficient (Wildman–Crippen LogP) is 5.80. The third kappa shape index (κ3) is 5.77. The molecule has 4 rings (SSSR count). The number of methoxy groups -OCH3 is 1. The molecule has 0 bridgehead atoms. The summed E-state index contributed by atoms with van der Waals surface area (Å²) in [7, 11) is 1.37. The van der Waals surface area contributed by atoms with E-state index in [1.165, 1.54) is 7.11 Å². The van der Waals surface area contributed by atoms with E-state index in [0.717, 1.165) is 32.7 Å². The van der Waals surface area contributed by atoms with Crippen LogP contribution in [0.4, 0.5) is 11.5 Å². The number of carbonyl (C=O) groups is 1. The minimum atomic E-state index is -0.379. The number of thiocarbonyl (C=S) groups is 1. The van der Waals surface area contributed by atoms with Crippen LogP contribution in [0.15, 0.2) is 59.2 Å². The highest BCUT2D eigenvalue weighted by Crippen LogP contribution is 2.25. The molecule has 0 aliphatic carbocycles. The van der Waals surface area contributed by atoms with Gasteiger partial charge >= 0.3 is 5.97 Å². The van der Waals surface area contributed by atoms with Gasteiger partial charge in [-0.25, -0.2) is 4.79 Å². The lowest BCUT2D eigenvalue weighted by molar-refractivity contribution is 0.0599. The van der Waals surface area contributed by atoms with Crippen molar-refractivity contribution in [2.24, 2.45) is 0 Å². The van der Waals surface area contributed by atoms with Crippen molar-refractivity contribution in [3.63, 3.8) is 0 Å². The molecular weight excluding hydrogens is 564 g/mol. The molecule has 0 unspecified atom stereocenters. The van der Waals surface area contributed by atoms with Gasteiger partial charge in [-0.1, -0.05) is 48.0 Å². The first-order valence-corrected chi connectivity index (χ1v) is 12.6. The number of nitrogens with one attached hydrogen (secondary N) is 2. The lowest BCUT2D eigenvalue weighted by Gasteiger charge is -2.11. The molecule has 2 N–H and O–H groups in total. The summed E-state index contributed by atoms with van der Waals surface area (Å²) in [5, 5.41) is 16.6. The van der Waals surface area contributed by atoms with E-state index in [9.17, 15) is 4.79 Å². The maximum Gasteiger partial charge on any atom is 0.338 e. The van der Waals surface area contributed by atoms with E-state index < -0.39 is 0 Å². The highest BCUT2D eigenvalue weighted by molar-refractivity contribution is 9.10. The SMILES string of the molecule is COC(=O)c1ccccc1Cn1nc(C)c(NC(=S)Nc2nn(Cc3ccccc3Cl)cc2Br)c1C. The summed E-state index contributed by atoms with van der Waals surface area (Å²) >= 11 is 15.4. The van der Waals surface area contributed by atoms with Crippen LogP contribution in [0.1, 0.15) is 32.9 Å². The Bertz CT molecular complexity index is 1430. The van der Waals surface area contributed by atoms with Crippen molar-refractivity contribution >= 4 is 62.3 Å². The molecule has 0 aliphatic rings. The molecule has 0 saturated heterocycles. The van der Waals surface area contributed by atoms with Crippen molar-refractivity contribution in [2.45, 2.75) is 26.9 Å². The van der Waals surface area contributed by atoms with Crippen LogP contribution in [0.5, 0.6) is 0 Å².